The molecule has 5 heteroatoms. The summed E-state index contributed by atoms with van der Waals surface area (Å²) in [7, 11) is 4.39. The number of nitrogens with one attached hydrogen (secondary N) is 1. The number of hydrogen-bond acceptors (Lipinski definition) is 3. The van der Waals surface area contributed by atoms with Crippen molar-refractivity contribution in [3.63, 3.8) is 0 Å². The number of likely N-dealkylation sites (N-methyl/N-ethyl adjacent to an activating group) is 2. The highest BCUT2D eigenvalue weighted by Crippen LogP contribution is 2.23. The van der Waals surface area contributed by atoms with Crippen LogP contribution in [0.2, 0.25) is 5.02 Å². The summed E-state index contributed by atoms with van der Waals surface area (Å²) in [4.78, 5) is 4.82. The summed E-state index contributed by atoms with van der Waals surface area (Å²) in [6.07, 6.45) is 0. The molecule has 0 saturated carbocycles. The van der Waals surface area contributed by atoms with Crippen molar-refractivity contribution in [1.82, 2.24) is 15.1 Å². The molecule has 1 aromatic rings. The molecule has 0 aromatic heterocycles. The Bertz CT molecular complexity index is 427. The summed E-state index contributed by atoms with van der Waals surface area (Å²) in [6, 6.07) is 6.69. The molecule has 2 rings (SSSR count). The molecule has 0 aliphatic carbocycles. The van der Waals surface area contributed by atoms with Gasteiger partial charge < -0.3 is 10.2 Å². The average Bonchev–Trinajstić information content (AvgIpc) is 2.38. The Kier molecular flexibility index (Phi) is 5.66. The Morgan fingerprint density at radius 2 is 2.16 bits per heavy atom. The molecular formula is C14H21BrClN3. The van der Waals surface area contributed by atoms with E-state index in [0.29, 0.717) is 6.04 Å². The highest BCUT2D eigenvalue weighted by atomic mass is 79.9. The maximum absolute atomic E-state index is 6.09. The van der Waals surface area contributed by atoms with Crippen molar-refractivity contribution in [3.05, 3.63) is 33.3 Å². The average molecular weight is 347 g/mol. The van der Waals surface area contributed by atoms with Crippen LogP contribution in [0.5, 0.6) is 0 Å². The third kappa shape index (κ3) is 4.43. The van der Waals surface area contributed by atoms with Gasteiger partial charge in [0.05, 0.1) is 5.02 Å². The van der Waals surface area contributed by atoms with E-state index < -0.39 is 0 Å². The monoisotopic (exact) mass is 345 g/mol. The topological polar surface area (TPSA) is 18.5 Å². The summed E-state index contributed by atoms with van der Waals surface area (Å²) < 4.78 is 0.951. The van der Waals surface area contributed by atoms with Gasteiger partial charge in [-0.1, -0.05) is 17.7 Å². The van der Waals surface area contributed by atoms with Crippen LogP contribution in [0.15, 0.2) is 22.7 Å². The second kappa shape index (κ2) is 7.04. The first-order valence-electron chi connectivity index (χ1n) is 6.59. The van der Waals surface area contributed by atoms with Gasteiger partial charge in [0.25, 0.3) is 0 Å². The molecule has 1 saturated heterocycles. The number of halogens is 2. The summed E-state index contributed by atoms with van der Waals surface area (Å²) >= 11 is 9.50. The standard InChI is InChI=1S/C14H21BrClN3/c1-18-5-6-19(2)12(10-18)9-17-8-11-3-4-13(15)14(16)7-11/h3-4,7,12,17H,5-6,8-10H2,1-2H3. The van der Waals surface area contributed by atoms with Crippen molar-refractivity contribution in [2.45, 2.75) is 12.6 Å². The van der Waals surface area contributed by atoms with Gasteiger partial charge in [0, 0.05) is 43.2 Å². The molecule has 3 nitrogen and oxygen atoms in total. The van der Waals surface area contributed by atoms with Gasteiger partial charge in [0.15, 0.2) is 0 Å². The molecule has 1 heterocycles. The summed E-state index contributed by atoms with van der Waals surface area (Å²) in [5.74, 6) is 0. The smallest absolute Gasteiger partial charge is 0.0551 e. The fraction of sp³-hybridized carbons (Fsp3) is 0.571. The van der Waals surface area contributed by atoms with Crippen LogP contribution >= 0.6 is 27.5 Å². The van der Waals surface area contributed by atoms with Crippen LogP contribution in [0.3, 0.4) is 0 Å². The Labute approximate surface area is 129 Å². The molecule has 19 heavy (non-hydrogen) atoms. The van der Waals surface area contributed by atoms with Crippen LogP contribution in [0, 0.1) is 0 Å². The third-order valence-corrected chi connectivity index (χ3v) is 4.91. The fourth-order valence-electron chi connectivity index (χ4n) is 2.35. The lowest BCUT2D eigenvalue weighted by molar-refractivity contribution is 0.113. The van der Waals surface area contributed by atoms with Crippen molar-refractivity contribution < 1.29 is 0 Å². The molecule has 106 valence electrons. The van der Waals surface area contributed by atoms with Crippen molar-refractivity contribution in [1.29, 1.82) is 0 Å². The highest BCUT2D eigenvalue weighted by molar-refractivity contribution is 9.10. The zero-order valence-corrected chi connectivity index (χ0v) is 13.8. The molecule has 0 spiro atoms. The highest BCUT2D eigenvalue weighted by Gasteiger charge is 2.21. The van der Waals surface area contributed by atoms with Gasteiger partial charge in [-0.15, -0.1) is 0 Å². The Morgan fingerprint density at radius 3 is 2.89 bits per heavy atom. The van der Waals surface area contributed by atoms with E-state index in [1.807, 2.05) is 12.1 Å². The van der Waals surface area contributed by atoms with E-state index in [1.54, 1.807) is 0 Å². The lowest BCUT2D eigenvalue weighted by Gasteiger charge is -2.37. The van der Waals surface area contributed by atoms with Gasteiger partial charge in [0.1, 0.15) is 0 Å². The molecule has 1 aliphatic rings. The minimum Gasteiger partial charge on any atom is -0.311 e. The summed E-state index contributed by atoms with van der Waals surface area (Å²) in [5, 5.41) is 4.30. The van der Waals surface area contributed by atoms with Gasteiger partial charge in [0.2, 0.25) is 0 Å². The number of benzene rings is 1. The lowest BCUT2D eigenvalue weighted by atomic mass is 10.1. The first kappa shape index (κ1) is 15.3. The van der Waals surface area contributed by atoms with Gasteiger partial charge in [-0.25, -0.2) is 0 Å². The summed E-state index contributed by atoms with van der Waals surface area (Å²) in [5.41, 5.74) is 1.22. The maximum atomic E-state index is 6.09. The Morgan fingerprint density at radius 1 is 1.37 bits per heavy atom. The largest absolute Gasteiger partial charge is 0.311 e. The van der Waals surface area contributed by atoms with Gasteiger partial charge in [-0.05, 0) is 47.7 Å². The number of hydrogen-bond donors (Lipinski definition) is 1. The molecule has 1 N–H and O–H groups in total. The second-order valence-electron chi connectivity index (χ2n) is 5.28. The van der Waals surface area contributed by atoms with Crippen molar-refractivity contribution in [2.75, 3.05) is 40.3 Å². The van der Waals surface area contributed by atoms with Gasteiger partial charge in [-0.2, -0.15) is 0 Å². The maximum Gasteiger partial charge on any atom is 0.0551 e. The molecule has 1 unspecified atom stereocenters. The van der Waals surface area contributed by atoms with Crippen molar-refractivity contribution in [2.24, 2.45) is 0 Å². The molecule has 0 amide bonds. The first-order valence-corrected chi connectivity index (χ1v) is 7.77. The van der Waals surface area contributed by atoms with Crippen LogP contribution in [-0.2, 0) is 6.54 Å². The normalized spacial score (nSPS) is 21.8. The van der Waals surface area contributed by atoms with E-state index in [-0.39, 0.29) is 0 Å². The molecular weight excluding hydrogens is 326 g/mol. The lowest BCUT2D eigenvalue weighted by Crippen LogP contribution is -2.53. The van der Waals surface area contributed by atoms with E-state index in [1.165, 1.54) is 5.56 Å². The predicted molar refractivity (Wildman–Crippen MR) is 84.8 cm³/mol. The Hall–Kier alpha value is -0.130. The number of rotatable bonds is 4. The van der Waals surface area contributed by atoms with Crippen LogP contribution < -0.4 is 5.32 Å². The zero-order valence-electron chi connectivity index (χ0n) is 11.5. The molecule has 1 atom stereocenters. The van der Waals surface area contributed by atoms with Crippen LogP contribution in [0.4, 0.5) is 0 Å². The molecule has 1 aliphatic heterocycles. The zero-order chi connectivity index (χ0) is 13.8. The minimum absolute atomic E-state index is 0.588. The minimum atomic E-state index is 0.588. The molecule has 1 aromatic carbocycles. The molecule has 0 bridgehead atoms. The predicted octanol–water partition coefficient (Wildman–Crippen LogP) is 2.44. The number of nitrogens with zero attached hydrogens (tertiary/aromatic N) is 2. The SMILES string of the molecule is CN1CCN(C)C(CNCc2ccc(Br)c(Cl)c2)C1. The summed E-state index contributed by atoms with van der Waals surface area (Å²) in [6.45, 7) is 5.31. The first-order chi connectivity index (χ1) is 9.06. The van der Waals surface area contributed by atoms with Crippen LogP contribution in [0.1, 0.15) is 5.56 Å². The van der Waals surface area contributed by atoms with E-state index in [0.717, 1.165) is 42.2 Å². The second-order valence-corrected chi connectivity index (χ2v) is 6.54. The third-order valence-electron chi connectivity index (χ3n) is 3.67. The van der Waals surface area contributed by atoms with E-state index in [2.05, 4.69) is 51.2 Å². The van der Waals surface area contributed by atoms with Crippen molar-refractivity contribution in [3.8, 4) is 0 Å². The van der Waals surface area contributed by atoms with E-state index in [9.17, 15) is 0 Å². The number of piperazine rings is 1. The van der Waals surface area contributed by atoms with Crippen LogP contribution in [-0.4, -0.2) is 56.1 Å². The van der Waals surface area contributed by atoms with Gasteiger partial charge in [-0.3, -0.25) is 4.90 Å². The molecule has 0 radical (unpaired) electrons. The van der Waals surface area contributed by atoms with Crippen molar-refractivity contribution >= 4 is 27.5 Å². The van der Waals surface area contributed by atoms with E-state index in [4.69, 9.17) is 11.6 Å². The van der Waals surface area contributed by atoms with Crippen LogP contribution in [0.25, 0.3) is 0 Å². The fourth-order valence-corrected chi connectivity index (χ4v) is 2.80. The Balaban J connectivity index is 1.80. The van der Waals surface area contributed by atoms with Gasteiger partial charge >= 0.3 is 0 Å². The quantitative estimate of drug-likeness (QED) is 0.903. The van der Waals surface area contributed by atoms with E-state index >= 15 is 0 Å². The molecule has 1 fully saturated rings.